The summed E-state index contributed by atoms with van der Waals surface area (Å²) in [6, 6.07) is 18.3. The molecule has 2 aromatic carbocycles. The number of carbonyl (C=O) groups is 1. The van der Waals surface area contributed by atoms with Crippen LogP contribution >= 0.6 is 0 Å². The number of benzene rings is 2. The van der Waals surface area contributed by atoms with Gasteiger partial charge in [0.25, 0.3) is 0 Å². The molecular weight excluding hydrogens is 338 g/mol. The quantitative estimate of drug-likeness (QED) is 0.740. The van der Waals surface area contributed by atoms with Crippen molar-refractivity contribution in [1.82, 2.24) is 4.90 Å². The fourth-order valence-electron chi connectivity index (χ4n) is 2.84. The topological polar surface area (TPSA) is 49.8 Å². The number of aryl methyl sites for hydroxylation is 1. The van der Waals surface area contributed by atoms with E-state index < -0.39 is 5.60 Å². The Morgan fingerprint density at radius 3 is 2.11 bits per heavy atom. The average Bonchev–Trinajstić information content (AvgIpc) is 2.62. The van der Waals surface area contributed by atoms with Crippen LogP contribution in [0.15, 0.2) is 54.6 Å². The third kappa shape index (κ3) is 7.83. The van der Waals surface area contributed by atoms with Crippen molar-refractivity contribution < 1.29 is 14.6 Å². The molecule has 0 spiro atoms. The van der Waals surface area contributed by atoms with Gasteiger partial charge in [0.2, 0.25) is 0 Å². The monoisotopic (exact) mass is 369 g/mol. The number of hydrogen-bond acceptors (Lipinski definition) is 3. The zero-order chi connectivity index (χ0) is 19.7. The van der Waals surface area contributed by atoms with Gasteiger partial charge in [-0.05, 0) is 56.7 Å². The lowest BCUT2D eigenvalue weighted by Crippen LogP contribution is -2.37. The van der Waals surface area contributed by atoms with Crippen molar-refractivity contribution in [1.29, 1.82) is 0 Å². The highest BCUT2D eigenvalue weighted by atomic mass is 16.6. The molecule has 2 rings (SSSR count). The predicted octanol–water partition coefficient (Wildman–Crippen LogP) is 4.59. The molecule has 0 radical (unpaired) electrons. The molecule has 0 unspecified atom stereocenters. The second kappa shape index (κ2) is 10.1. The summed E-state index contributed by atoms with van der Waals surface area (Å²) in [6.45, 7) is 6.96. The first-order valence-electron chi connectivity index (χ1n) is 9.58. The summed E-state index contributed by atoms with van der Waals surface area (Å²) in [7, 11) is 0. The molecule has 27 heavy (non-hydrogen) atoms. The lowest BCUT2D eigenvalue weighted by atomic mass is 10.1. The van der Waals surface area contributed by atoms with Crippen molar-refractivity contribution in [2.24, 2.45) is 0 Å². The maximum absolute atomic E-state index is 12.6. The fraction of sp³-hybridized carbons (Fsp3) is 0.435. The third-order valence-corrected chi connectivity index (χ3v) is 4.18. The van der Waals surface area contributed by atoms with Gasteiger partial charge in [0.15, 0.2) is 0 Å². The molecular formula is C23H31NO3. The average molecular weight is 370 g/mol. The molecule has 1 amide bonds. The highest BCUT2D eigenvalue weighted by molar-refractivity contribution is 5.68. The summed E-state index contributed by atoms with van der Waals surface area (Å²) in [5, 5.41) is 9.04. The van der Waals surface area contributed by atoms with E-state index in [2.05, 4.69) is 12.1 Å². The maximum atomic E-state index is 12.6. The maximum Gasteiger partial charge on any atom is 0.410 e. The van der Waals surface area contributed by atoms with Crippen molar-refractivity contribution in [3.05, 3.63) is 71.3 Å². The molecule has 146 valence electrons. The van der Waals surface area contributed by atoms with Crippen LogP contribution in [-0.4, -0.2) is 34.9 Å². The molecule has 0 bridgehead atoms. The summed E-state index contributed by atoms with van der Waals surface area (Å²) in [4.78, 5) is 14.4. The van der Waals surface area contributed by atoms with Gasteiger partial charge < -0.3 is 14.7 Å². The minimum absolute atomic E-state index is 0.142. The van der Waals surface area contributed by atoms with E-state index in [0.717, 1.165) is 24.0 Å². The van der Waals surface area contributed by atoms with E-state index in [1.54, 1.807) is 4.90 Å². The van der Waals surface area contributed by atoms with Crippen LogP contribution in [0.4, 0.5) is 4.79 Å². The van der Waals surface area contributed by atoms with E-state index in [-0.39, 0.29) is 12.7 Å². The molecule has 0 saturated carbocycles. The first-order chi connectivity index (χ1) is 12.9. The van der Waals surface area contributed by atoms with Crippen molar-refractivity contribution in [2.75, 3.05) is 13.2 Å². The van der Waals surface area contributed by atoms with E-state index >= 15 is 0 Å². The molecule has 0 aliphatic heterocycles. The number of amides is 1. The Labute approximate surface area is 162 Å². The molecule has 0 aliphatic carbocycles. The normalized spacial score (nSPS) is 11.3. The molecule has 1 N–H and O–H groups in total. The molecule has 4 nitrogen and oxygen atoms in total. The lowest BCUT2D eigenvalue weighted by molar-refractivity contribution is 0.0231. The Balaban J connectivity index is 2.00. The van der Waals surface area contributed by atoms with Crippen LogP contribution in [0.2, 0.25) is 0 Å². The van der Waals surface area contributed by atoms with E-state index in [9.17, 15) is 4.79 Å². The first kappa shape index (κ1) is 21.0. The Kier molecular flexibility index (Phi) is 7.86. The van der Waals surface area contributed by atoms with Gasteiger partial charge in [0.1, 0.15) is 5.60 Å². The summed E-state index contributed by atoms with van der Waals surface area (Å²) < 4.78 is 5.59. The van der Waals surface area contributed by atoms with Gasteiger partial charge in [0.05, 0.1) is 0 Å². The SMILES string of the molecule is CC(C)(C)OC(=O)N(CCCc1ccccc1)Cc1ccc(CCO)cc1. The highest BCUT2D eigenvalue weighted by Gasteiger charge is 2.22. The largest absolute Gasteiger partial charge is 0.444 e. The Morgan fingerprint density at radius 1 is 0.926 bits per heavy atom. The van der Waals surface area contributed by atoms with E-state index in [0.29, 0.717) is 19.5 Å². The standard InChI is InChI=1S/C23H31NO3/c1-23(2,3)27-22(26)24(16-7-10-19-8-5-4-6-9-19)18-21-13-11-20(12-14-21)15-17-25/h4-6,8-9,11-14,25H,7,10,15-18H2,1-3H3. The van der Waals surface area contributed by atoms with E-state index in [1.165, 1.54) is 5.56 Å². The van der Waals surface area contributed by atoms with Gasteiger partial charge in [-0.1, -0.05) is 54.6 Å². The fourth-order valence-corrected chi connectivity index (χ4v) is 2.84. The van der Waals surface area contributed by atoms with Gasteiger partial charge in [-0.15, -0.1) is 0 Å². The second-order valence-electron chi connectivity index (χ2n) is 7.78. The molecule has 0 atom stereocenters. The summed E-state index contributed by atoms with van der Waals surface area (Å²) in [5.41, 5.74) is 2.91. The molecule has 4 heteroatoms. The number of carbonyl (C=O) groups excluding carboxylic acids is 1. The minimum atomic E-state index is -0.514. The Morgan fingerprint density at radius 2 is 1.52 bits per heavy atom. The number of nitrogens with zero attached hydrogens (tertiary/aromatic N) is 1. The zero-order valence-electron chi connectivity index (χ0n) is 16.6. The molecule has 0 saturated heterocycles. The Bertz CT molecular complexity index is 690. The highest BCUT2D eigenvalue weighted by Crippen LogP contribution is 2.15. The van der Waals surface area contributed by atoms with Gasteiger partial charge in [-0.25, -0.2) is 4.79 Å². The van der Waals surface area contributed by atoms with Gasteiger partial charge >= 0.3 is 6.09 Å². The van der Waals surface area contributed by atoms with E-state index in [4.69, 9.17) is 9.84 Å². The first-order valence-corrected chi connectivity index (χ1v) is 9.58. The van der Waals surface area contributed by atoms with Crippen molar-refractivity contribution >= 4 is 6.09 Å². The summed E-state index contributed by atoms with van der Waals surface area (Å²) >= 11 is 0. The van der Waals surface area contributed by atoms with Gasteiger partial charge in [-0.3, -0.25) is 0 Å². The second-order valence-corrected chi connectivity index (χ2v) is 7.78. The van der Waals surface area contributed by atoms with Gasteiger partial charge in [0, 0.05) is 19.7 Å². The lowest BCUT2D eigenvalue weighted by Gasteiger charge is -2.27. The van der Waals surface area contributed by atoms with Crippen molar-refractivity contribution in [3.63, 3.8) is 0 Å². The smallest absolute Gasteiger partial charge is 0.410 e. The van der Waals surface area contributed by atoms with Crippen LogP contribution in [0, 0.1) is 0 Å². The molecule has 0 fully saturated rings. The van der Waals surface area contributed by atoms with Crippen LogP contribution in [0.3, 0.4) is 0 Å². The van der Waals surface area contributed by atoms with Crippen LogP contribution in [0.25, 0.3) is 0 Å². The molecule has 0 heterocycles. The number of ether oxygens (including phenoxy) is 1. The van der Waals surface area contributed by atoms with Crippen LogP contribution in [-0.2, 0) is 24.1 Å². The molecule has 2 aromatic rings. The zero-order valence-corrected chi connectivity index (χ0v) is 16.6. The van der Waals surface area contributed by atoms with Gasteiger partial charge in [-0.2, -0.15) is 0 Å². The third-order valence-electron chi connectivity index (χ3n) is 4.18. The molecule has 0 aromatic heterocycles. The predicted molar refractivity (Wildman–Crippen MR) is 109 cm³/mol. The van der Waals surface area contributed by atoms with Crippen molar-refractivity contribution in [2.45, 2.75) is 52.2 Å². The minimum Gasteiger partial charge on any atom is -0.444 e. The van der Waals surface area contributed by atoms with Crippen LogP contribution < -0.4 is 0 Å². The molecule has 0 aliphatic rings. The summed E-state index contributed by atoms with van der Waals surface area (Å²) in [5.74, 6) is 0. The van der Waals surface area contributed by atoms with E-state index in [1.807, 2.05) is 63.2 Å². The van der Waals surface area contributed by atoms with Crippen LogP contribution in [0.1, 0.15) is 43.9 Å². The summed E-state index contributed by atoms with van der Waals surface area (Å²) in [6.07, 6.45) is 2.17. The number of aliphatic hydroxyl groups excluding tert-OH is 1. The number of aliphatic hydroxyl groups is 1. The Hall–Kier alpha value is -2.33. The van der Waals surface area contributed by atoms with Crippen LogP contribution in [0.5, 0.6) is 0 Å². The number of hydrogen-bond donors (Lipinski definition) is 1. The number of rotatable bonds is 8. The van der Waals surface area contributed by atoms with Crippen molar-refractivity contribution in [3.8, 4) is 0 Å².